The quantitative estimate of drug-likeness (QED) is 0.255. The molecule has 2 aliphatic heterocycles. The van der Waals surface area contributed by atoms with Gasteiger partial charge in [-0.15, -0.1) is 0 Å². The van der Waals surface area contributed by atoms with Crippen molar-refractivity contribution in [3.63, 3.8) is 0 Å². The van der Waals surface area contributed by atoms with E-state index < -0.39 is 67.6 Å². The second-order valence-electron chi connectivity index (χ2n) is 9.82. The Balaban J connectivity index is 1.40. The maximum atomic E-state index is 12.9. The summed E-state index contributed by atoms with van der Waals surface area (Å²) in [4.78, 5) is 12.9. The van der Waals surface area contributed by atoms with Crippen molar-refractivity contribution in [3.8, 4) is 0 Å². The van der Waals surface area contributed by atoms with Crippen molar-refractivity contribution in [2.75, 3.05) is 13.7 Å². The van der Waals surface area contributed by atoms with Gasteiger partial charge in [-0.2, -0.15) is 0 Å². The average molecular weight is 477 g/mol. The summed E-state index contributed by atoms with van der Waals surface area (Å²) >= 11 is 0. The average Bonchev–Trinajstić information content (AvgIpc) is 2.78. The molecule has 6 N–H and O–H groups in total. The fourth-order valence-electron chi connectivity index (χ4n) is 5.86. The first-order chi connectivity index (χ1) is 15.7. The first-order valence-corrected chi connectivity index (χ1v) is 11.8. The number of ketones is 1. The van der Waals surface area contributed by atoms with E-state index in [4.69, 9.17) is 18.9 Å². The predicted molar refractivity (Wildman–Crippen MR) is 110 cm³/mol. The van der Waals surface area contributed by atoms with Crippen LogP contribution in [0.25, 0.3) is 0 Å². The molecule has 190 valence electrons. The molecule has 2 saturated heterocycles. The third-order valence-electron chi connectivity index (χ3n) is 7.74. The zero-order valence-corrected chi connectivity index (χ0v) is 18.7. The van der Waals surface area contributed by atoms with E-state index in [2.05, 4.69) is 0 Å². The van der Waals surface area contributed by atoms with Crippen LogP contribution in [0.5, 0.6) is 0 Å². The van der Waals surface area contributed by atoms with Crippen LogP contribution >= 0.6 is 0 Å². The fraction of sp³-hybridized carbons (Fsp3) is 0.955. The van der Waals surface area contributed by atoms with Gasteiger partial charge in [-0.3, -0.25) is 4.79 Å². The summed E-state index contributed by atoms with van der Waals surface area (Å²) in [5, 5.41) is 60.5. The maximum Gasteiger partial charge on any atom is 0.186 e. The molecule has 4 rings (SSSR count). The first-order valence-electron chi connectivity index (χ1n) is 11.8. The minimum Gasteiger partial charge on any atom is -0.394 e. The number of methoxy groups -OCH3 is 1. The molecule has 8 unspecified atom stereocenters. The molecule has 0 aromatic heterocycles. The smallest absolute Gasteiger partial charge is 0.186 e. The van der Waals surface area contributed by atoms with Crippen molar-refractivity contribution in [1.82, 2.24) is 0 Å². The molecule has 13 atom stereocenters. The molecule has 0 spiro atoms. The summed E-state index contributed by atoms with van der Waals surface area (Å²) in [5.74, 6) is -0.741. The van der Waals surface area contributed by atoms with Crippen LogP contribution in [0.1, 0.15) is 38.5 Å². The highest BCUT2D eigenvalue weighted by atomic mass is 16.7. The predicted octanol–water partition coefficient (Wildman–Crippen LogP) is -2.15. The molecule has 2 heterocycles. The summed E-state index contributed by atoms with van der Waals surface area (Å²) in [6, 6.07) is 0. The number of carbonyl (C=O) groups is 1. The standard InChI is InChI=1S/C22H36O11/c1-30-14-3-2-9(4-11(14)24)15-7-13(26)18-12(25)5-10(6-16(18)32-15)31-22-21(29)20(28)19(27)17(8-23)33-22/h9-12,14-25,27-29H,2-8H2,1H3/t9?,10?,11?,12?,14?,15?,16?,17-,18?,19-,20+,21-,22-/m1/s1. The van der Waals surface area contributed by atoms with Crippen LogP contribution in [-0.2, 0) is 23.7 Å². The molecule has 4 aliphatic rings. The molecule has 0 amide bonds. The monoisotopic (exact) mass is 476 g/mol. The molecular formula is C22H36O11. The van der Waals surface area contributed by atoms with Gasteiger partial charge in [-0.05, 0) is 25.2 Å². The number of hydrogen-bond donors (Lipinski definition) is 6. The minimum absolute atomic E-state index is 0.000171. The van der Waals surface area contributed by atoms with E-state index in [1.54, 1.807) is 7.11 Å². The van der Waals surface area contributed by atoms with Crippen LogP contribution < -0.4 is 0 Å². The van der Waals surface area contributed by atoms with E-state index in [-0.39, 0.29) is 43.2 Å². The van der Waals surface area contributed by atoms with Gasteiger partial charge in [0.05, 0.1) is 49.1 Å². The SMILES string of the molecule is COC1CCC(C2CC(=O)C3C(O)CC(O[C@@H]4O[C@H](CO)[C@@H](O)[C@H](O)[C@H]4O)CC3O2)CC1O. The van der Waals surface area contributed by atoms with Crippen LogP contribution in [-0.4, -0.2) is 117 Å². The fourth-order valence-corrected chi connectivity index (χ4v) is 5.86. The summed E-state index contributed by atoms with van der Waals surface area (Å²) in [5.41, 5.74) is 0. The second kappa shape index (κ2) is 10.5. The molecule has 11 heteroatoms. The Morgan fingerprint density at radius 1 is 0.909 bits per heavy atom. The molecule has 4 fully saturated rings. The Kier molecular flexibility index (Phi) is 8.06. The molecule has 2 aliphatic carbocycles. The molecule has 11 nitrogen and oxygen atoms in total. The third kappa shape index (κ3) is 5.13. The number of aliphatic hydroxyl groups excluding tert-OH is 6. The Labute approximate surface area is 192 Å². The normalized spacial score (nSPS) is 51.2. The Morgan fingerprint density at radius 2 is 1.67 bits per heavy atom. The largest absolute Gasteiger partial charge is 0.394 e. The topological polar surface area (TPSA) is 175 Å². The summed E-state index contributed by atoms with van der Waals surface area (Å²) in [7, 11) is 1.57. The Morgan fingerprint density at radius 3 is 2.33 bits per heavy atom. The molecule has 33 heavy (non-hydrogen) atoms. The van der Waals surface area contributed by atoms with Crippen LogP contribution in [0, 0.1) is 11.8 Å². The molecule has 0 aromatic carbocycles. The molecule has 2 saturated carbocycles. The Bertz CT molecular complexity index is 675. The number of fused-ring (bicyclic) bond motifs is 1. The summed E-state index contributed by atoms with van der Waals surface area (Å²) in [6.07, 6.45) is -7.96. The van der Waals surface area contributed by atoms with Gasteiger partial charge in [-0.1, -0.05) is 0 Å². The van der Waals surface area contributed by atoms with E-state index in [1.807, 2.05) is 0 Å². The lowest BCUT2D eigenvalue weighted by molar-refractivity contribution is -0.318. The van der Waals surface area contributed by atoms with Gasteiger partial charge in [0.2, 0.25) is 0 Å². The van der Waals surface area contributed by atoms with E-state index >= 15 is 0 Å². The van der Waals surface area contributed by atoms with Gasteiger partial charge in [0.1, 0.15) is 30.2 Å². The summed E-state index contributed by atoms with van der Waals surface area (Å²) < 4.78 is 22.8. The number of hydrogen-bond acceptors (Lipinski definition) is 11. The summed E-state index contributed by atoms with van der Waals surface area (Å²) in [6.45, 7) is -0.570. The van der Waals surface area contributed by atoms with Gasteiger partial charge in [0, 0.05) is 26.4 Å². The lowest BCUT2D eigenvalue weighted by Gasteiger charge is -2.47. The zero-order valence-electron chi connectivity index (χ0n) is 18.7. The lowest BCUT2D eigenvalue weighted by atomic mass is 9.73. The zero-order chi connectivity index (χ0) is 23.9. The maximum absolute atomic E-state index is 12.9. The van der Waals surface area contributed by atoms with Crippen molar-refractivity contribution in [1.29, 1.82) is 0 Å². The van der Waals surface area contributed by atoms with Crippen molar-refractivity contribution in [2.45, 2.75) is 106 Å². The Hall–Kier alpha value is -0.730. The minimum atomic E-state index is -1.56. The van der Waals surface area contributed by atoms with Gasteiger partial charge < -0.3 is 49.6 Å². The second-order valence-corrected chi connectivity index (χ2v) is 9.82. The van der Waals surface area contributed by atoms with Crippen LogP contribution in [0.15, 0.2) is 0 Å². The lowest BCUT2D eigenvalue weighted by Crippen LogP contribution is -2.61. The van der Waals surface area contributed by atoms with Gasteiger partial charge in [0.25, 0.3) is 0 Å². The number of aliphatic hydroxyl groups is 6. The molecular weight excluding hydrogens is 440 g/mol. The van der Waals surface area contributed by atoms with Gasteiger partial charge >= 0.3 is 0 Å². The van der Waals surface area contributed by atoms with Gasteiger partial charge in [0.15, 0.2) is 6.29 Å². The third-order valence-corrected chi connectivity index (χ3v) is 7.74. The highest BCUT2D eigenvalue weighted by Gasteiger charge is 2.51. The first kappa shape index (κ1) is 25.4. The number of rotatable bonds is 5. The number of Topliss-reactive ketones (excluding diaryl/α,β-unsaturated/α-hetero) is 1. The number of carbonyl (C=O) groups excluding carboxylic acids is 1. The van der Waals surface area contributed by atoms with E-state index in [0.717, 1.165) is 6.42 Å². The number of ether oxygens (including phenoxy) is 4. The van der Waals surface area contributed by atoms with Crippen LogP contribution in [0.3, 0.4) is 0 Å². The highest BCUT2D eigenvalue weighted by Crippen LogP contribution is 2.41. The molecule has 0 aromatic rings. The van der Waals surface area contributed by atoms with Gasteiger partial charge in [-0.25, -0.2) is 0 Å². The van der Waals surface area contributed by atoms with Crippen molar-refractivity contribution < 1.29 is 54.4 Å². The van der Waals surface area contributed by atoms with E-state index in [1.165, 1.54) is 0 Å². The van der Waals surface area contributed by atoms with Crippen molar-refractivity contribution in [3.05, 3.63) is 0 Å². The van der Waals surface area contributed by atoms with Crippen molar-refractivity contribution >= 4 is 5.78 Å². The molecule has 0 bridgehead atoms. The van der Waals surface area contributed by atoms with Crippen LogP contribution in [0.4, 0.5) is 0 Å². The molecule has 0 radical (unpaired) electrons. The van der Waals surface area contributed by atoms with E-state index in [9.17, 15) is 35.4 Å². The highest BCUT2D eigenvalue weighted by molar-refractivity contribution is 5.83. The van der Waals surface area contributed by atoms with Crippen LogP contribution in [0.2, 0.25) is 0 Å². The van der Waals surface area contributed by atoms with E-state index in [0.29, 0.717) is 12.8 Å². The van der Waals surface area contributed by atoms with Crippen molar-refractivity contribution in [2.24, 2.45) is 11.8 Å².